The molecule has 1 aliphatic heterocycles. The van der Waals surface area contributed by atoms with E-state index in [0.29, 0.717) is 6.61 Å². The van der Waals surface area contributed by atoms with Crippen LogP contribution in [0, 0.1) is 0 Å². The average molecular weight is 638 g/mol. The zero-order valence-corrected chi connectivity index (χ0v) is 25.6. The summed E-state index contributed by atoms with van der Waals surface area (Å²) in [6, 6.07) is 28.8. The number of ether oxygens (including phenoxy) is 1. The summed E-state index contributed by atoms with van der Waals surface area (Å²) < 4.78 is 7.92. The lowest BCUT2D eigenvalue weighted by Gasteiger charge is -2.18. The van der Waals surface area contributed by atoms with Crippen LogP contribution in [0.2, 0.25) is 0 Å². The van der Waals surface area contributed by atoms with Crippen LogP contribution in [0.4, 0.5) is 5.69 Å². The molecule has 38 heavy (non-hydrogen) atoms. The number of hydrogen-bond donors (Lipinski definition) is 0. The number of thioether (sulfide) groups is 1. The Labute approximate surface area is 248 Å². The first-order valence-corrected chi connectivity index (χ1v) is 13.9. The van der Waals surface area contributed by atoms with E-state index >= 15 is 0 Å². The van der Waals surface area contributed by atoms with Crippen LogP contribution in [0.15, 0.2) is 88.8 Å². The fourth-order valence-electron chi connectivity index (χ4n) is 5.03. The molecule has 0 radical (unpaired) electrons. The highest BCUT2D eigenvalue weighted by molar-refractivity contribution is 8.03. The van der Waals surface area contributed by atoms with Gasteiger partial charge >= 0.3 is 0 Å². The maximum Gasteiger partial charge on any atom is 0.213 e. The van der Waals surface area contributed by atoms with Crippen molar-refractivity contribution in [1.29, 1.82) is 0 Å². The summed E-state index contributed by atoms with van der Waals surface area (Å²) in [5, 5.41) is 2.49. The fraction of sp³-hybridized carbons (Fsp3) is 0.281. The minimum atomic E-state index is 0. The molecule has 0 spiro atoms. The monoisotopic (exact) mass is 637 g/mol. The highest BCUT2D eigenvalue weighted by atomic mass is 127. The van der Waals surface area contributed by atoms with Crippen LogP contribution in [0.25, 0.3) is 28.2 Å². The molecule has 0 N–H and O–H groups in total. The summed E-state index contributed by atoms with van der Waals surface area (Å²) in [5.41, 5.74) is 7.49. The van der Waals surface area contributed by atoms with E-state index in [-0.39, 0.29) is 24.0 Å². The summed E-state index contributed by atoms with van der Waals surface area (Å²) in [6.07, 6.45) is 2.34. The third kappa shape index (κ3) is 5.93. The second kappa shape index (κ2) is 13.1. The average Bonchev–Trinajstić information content (AvgIpc) is 3.26. The van der Waals surface area contributed by atoms with E-state index in [2.05, 4.69) is 120 Å². The van der Waals surface area contributed by atoms with Crippen LogP contribution >= 0.6 is 11.8 Å². The molecule has 2 heterocycles. The summed E-state index contributed by atoms with van der Waals surface area (Å²) in [5.74, 6) is 0. The number of halogens is 1. The van der Waals surface area contributed by atoms with E-state index < -0.39 is 0 Å². The van der Waals surface area contributed by atoms with Crippen LogP contribution in [-0.2, 0) is 17.8 Å². The van der Waals surface area contributed by atoms with Crippen molar-refractivity contribution in [3.63, 3.8) is 0 Å². The Morgan fingerprint density at radius 1 is 0.947 bits per heavy atom. The lowest BCUT2D eigenvalue weighted by atomic mass is 10.0. The van der Waals surface area contributed by atoms with Crippen LogP contribution < -0.4 is 33.4 Å². The molecular formula is C32H36IN3OS. The molecule has 0 unspecified atom stereocenters. The zero-order valence-electron chi connectivity index (χ0n) is 22.7. The van der Waals surface area contributed by atoms with Crippen molar-refractivity contribution in [3.8, 4) is 11.3 Å². The highest BCUT2D eigenvalue weighted by Gasteiger charge is 2.24. The quantitative estimate of drug-likeness (QED) is 0.205. The maximum absolute atomic E-state index is 5.51. The molecule has 0 saturated carbocycles. The number of para-hydroxylation sites is 2. The number of pyridine rings is 1. The smallest absolute Gasteiger partial charge is 0.213 e. The normalized spacial score (nSPS) is 13.8. The van der Waals surface area contributed by atoms with Crippen molar-refractivity contribution in [2.75, 3.05) is 38.8 Å². The number of nitrogens with zero attached hydrogens (tertiary/aromatic N) is 3. The number of hydrogen-bond acceptors (Lipinski definition) is 4. The van der Waals surface area contributed by atoms with Gasteiger partial charge in [-0.05, 0) is 60.6 Å². The molecule has 1 aromatic heterocycles. The molecule has 5 rings (SSSR count). The van der Waals surface area contributed by atoms with Crippen molar-refractivity contribution >= 4 is 34.4 Å². The Morgan fingerprint density at radius 3 is 2.37 bits per heavy atom. The van der Waals surface area contributed by atoms with Gasteiger partial charge in [0.15, 0.2) is 6.54 Å². The van der Waals surface area contributed by atoms with Gasteiger partial charge in [-0.2, -0.15) is 4.57 Å². The van der Waals surface area contributed by atoms with Gasteiger partial charge in [0.2, 0.25) is 11.2 Å². The van der Waals surface area contributed by atoms with Crippen LogP contribution in [-0.4, -0.2) is 38.8 Å². The summed E-state index contributed by atoms with van der Waals surface area (Å²) in [4.78, 5) is 6.04. The van der Waals surface area contributed by atoms with Crippen molar-refractivity contribution in [2.45, 2.75) is 31.8 Å². The molecule has 0 aliphatic carbocycles. The van der Waals surface area contributed by atoms with Crippen molar-refractivity contribution in [2.24, 2.45) is 0 Å². The third-order valence-electron chi connectivity index (χ3n) is 7.21. The number of aromatic nitrogens is 1. The zero-order chi connectivity index (χ0) is 25.8. The molecule has 6 heteroatoms. The topological polar surface area (TPSA) is 19.6 Å². The first-order valence-electron chi connectivity index (χ1n) is 13.1. The fourth-order valence-corrected chi connectivity index (χ4v) is 6.14. The first-order chi connectivity index (χ1) is 18.1. The Kier molecular flexibility index (Phi) is 9.87. The SMILES string of the molecule is CCN(CC)Cc1ccc(-c2cc(C=C3Sc4ccccc4N3C)c3ccccc3[n+]2CCOC)cc1.[I-]. The van der Waals surface area contributed by atoms with E-state index in [4.69, 9.17) is 4.74 Å². The second-order valence-corrected chi connectivity index (χ2v) is 10.5. The van der Waals surface area contributed by atoms with E-state index in [1.54, 1.807) is 7.11 Å². The minimum absolute atomic E-state index is 0. The van der Waals surface area contributed by atoms with Crippen LogP contribution in [0.1, 0.15) is 25.0 Å². The third-order valence-corrected chi connectivity index (χ3v) is 8.37. The largest absolute Gasteiger partial charge is 1.00 e. The molecule has 0 fully saturated rings. The van der Waals surface area contributed by atoms with E-state index in [1.165, 1.54) is 48.9 Å². The standard InChI is InChI=1S/C32H36N3OS.HI/c1-5-34(6-2)23-24-15-17-25(18-16-24)30-21-26(22-32-33(3)29-13-9-10-14-31(29)37-32)27-11-7-8-12-28(27)35(30)19-20-36-4;/h7-18,21-22H,5-6,19-20,23H2,1-4H3;1H/q+1;/p-1. The maximum atomic E-state index is 5.51. The van der Waals surface area contributed by atoms with Gasteiger partial charge in [-0.25, -0.2) is 0 Å². The van der Waals surface area contributed by atoms with Gasteiger partial charge in [0.1, 0.15) is 6.61 Å². The molecular weight excluding hydrogens is 601 g/mol. The Bertz CT molecular complexity index is 1420. The first kappa shape index (κ1) is 28.6. The Hall–Kier alpha value is -2.39. The van der Waals surface area contributed by atoms with E-state index in [9.17, 15) is 0 Å². The molecule has 0 saturated heterocycles. The summed E-state index contributed by atoms with van der Waals surface area (Å²) in [7, 11) is 3.93. The highest BCUT2D eigenvalue weighted by Crippen LogP contribution is 2.45. The van der Waals surface area contributed by atoms with Crippen molar-refractivity contribution in [3.05, 3.63) is 95.0 Å². The van der Waals surface area contributed by atoms with Crippen molar-refractivity contribution in [1.82, 2.24) is 4.90 Å². The minimum Gasteiger partial charge on any atom is -1.00 e. The molecule has 0 atom stereocenters. The van der Waals surface area contributed by atoms with E-state index in [0.717, 1.165) is 26.2 Å². The lowest BCUT2D eigenvalue weighted by molar-refractivity contribution is -0.662. The lowest BCUT2D eigenvalue weighted by Crippen LogP contribution is -3.00. The van der Waals surface area contributed by atoms with Gasteiger partial charge in [0.05, 0.1) is 16.1 Å². The number of anilines is 1. The molecule has 4 nitrogen and oxygen atoms in total. The molecule has 1 aliphatic rings. The van der Waals surface area contributed by atoms with Gasteiger partial charge in [0.25, 0.3) is 0 Å². The van der Waals surface area contributed by atoms with Crippen LogP contribution in [0.3, 0.4) is 0 Å². The number of methoxy groups -OCH3 is 1. The molecule has 0 amide bonds. The van der Waals surface area contributed by atoms with Crippen molar-refractivity contribution < 1.29 is 33.3 Å². The predicted molar refractivity (Wildman–Crippen MR) is 157 cm³/mol. The molecule has 3 aromatic carbocycles. The number of benzene rings is 3. The van der Waals surface area contributed by atoms with Crippen LogP contribution in [0.5, 0.6) is 0 Å². The number of rotatable bonds is 9. The molecule has 198 valence electrons. The summed E-state index contributed by atoms with van der Waals surface area (Å²) >= 11 is 1.83. The van der Waals surface area contributed by atoms with Gasteiger partial charge < -0.3 is 33.6 Å². The summed E-state index contributed by atoms with van der Waals surface area (Å²) in [6.45, 7) is 9.01. The predicted octanol–water partition coefficient (Wildman–Crippen LogP) is 3.83. The van der Waals surface area contributed by atoms with Gasteiger partial charge in [0, 0.05) is 43.3 Å². The van der Waals surface area contributed by atoms with Gasteiger partial charge in [-0.1, -0.05) is 62.0 Å². The van der Waals surface area contributed by atoms with Gasteiger partial charge in [-0.15, -0.1) is 0 Å². The number of fused-ring (bicyclic) bond motifs is 2. The van der Waals surface area contributed by atoms with Gasteiger partial charge in [-0.3, -0.25) is 4.90 Å². The second-order valence-electron chi connectivity index (χ2n) is 9.42. The van der Waals surface area contributed by atoms with E-state index in [1.807, 2.05) is 11.8 Å². The molecule has 4 aromatic rings. The Morgan fingerprint density at radius 2 is 1.66 bits per heavy atom. The molecule has 0 bridgehead atoms. The Balaban J connectivity index is 0.00000336.